The van der Waals surface area contributed by atoms with Crippen LogP contribution in [0.1, 0.15) is 24.2 Å². The van der Waals surface area contributed by atoms with E-state index in [0.29, 0.717) is 16.7 Å². The molecule has 0 amide bonds. The van der Waals surface area contributed by atoms with Gasteiger partial charge in [0.05, 0.1) is 6.10 Å². The topological polar surface area (TPSA) is 42.4 Å². The van der Waals surface area contributed by atoms with Gasteiger partial charge in [-0.15, -0.1) is 0 Å². The number of benzene rings is 1. The van der Waals surface area contributed by atoms with E-state index >= 15 is 0 Å². The van der Waals surface area contributed by atoms with Crippen molar-refractivity contribution in [2.75, 3.05) is 0 Å². The molecular weight excluding hydrogens is 250 g/mol. The molecule has 0 aliphatic heterocycles. The molecule has 0 saturated heterocycles. The smallest absolute Gasteiger partial charge is 0.219 e. The molecule has 0 fully saturated rings. The molecule has 18 heavy (non-hydrogen) atoms. The van der Waals surface area contributed by atoms with Crippen molar-refractivity contribution >= 4 is 11.6 Å². The highest BCUT2D eigenvalue weighted by Crippen LogP contribution is 2.25. The molecule has 4 heteroatoms. The lowest BCUT2D eigenvalue weighted by Gasteiger charge is -2.08. The van der Waals surface area contributed by atoms with Crippen molar-refractivity contribution in [2.24, 2.45) is 0 Å². The minimum absolute atomic E-state index is 0.487. The van der Waals surface area contributed by atoms with Gasteiger partial charge in [-0.3, -0.25) is 0 Å². The third-order valence-electron chi connectivity index (χ3n) is 2.59. The zero-order valence-electron chi connectivity index (χ0n) is 10.2. The minimum Gasteiger partial charge on any atom is -0.439 e. The molecule has 2 aromatic rings. The number of ether oxygens (including phenoxy) is 1. The van der Waals surface area contributed by atoms with Crippen LogP contribution < -0.4 is 4.74 Å². The second-order valence-electron chi connectivity index (χ2n) is 4.12. The normalized spacial score (nSPS) is 12.2. The van der Waals surface area contributed by atoms with Gasteiger partial charge in [-0.25, -0.2) is 4.98 Å². The summed E-state index contributed by atoms with van der Waals surface area (Å²) in [5.74, 6) is 1.18. The molecule has 1 aromatic carbocycles. The molecule has 2 rings (SSSR count). The number of hydrogen-bond donors (Lipinski definition) is 1. The summed E-state index contributed by atoms with van der Waals surface area (Å²) in [6.07, 6.45) is 1.08. The molecule has 1 heterocycles. The number of aliphatic hydroxyl groups excluding tert-OH is 1. The van der Waals surface area contributed by atoms with Crippen LogP contribution in [-0.4, -0.2) is 10.1 Å². The Hall–Kier alpha value is -1.58. The van der Waals surface area contributed by atoms with E-state index in [0.717, 1.165) is 11.1 Å². The highest BCUT2D eigenvalue weighted by molar-refractivity contribution is 6.31. The third kappa shape index (κ3) is 3.00. The lowest BCUT2D eigenvalue weighted by molar-refractivity contribution is 0.198. The minimum atomic E-state index is -0.524. The van der Waals surface area contributed by atoms with Crippen LogP contribution in [0.2, 0.25) is 5.02 Å². The van der Waals surface area contributed by atoms with Gasteiger partial charge in [0, 0.05) is 17.3 Å². The van der Waals surface area contributed by atoms with E-state index < -0.39 is 6.10 Å². The molecule has 1 atom stereocenters. The summed E-state index contributed by atoms with van der Waals surface area (Å²) in [5, 5.41) is 10.1. The third-order valence-corrected chi connectivity index (χ3v) is 3.02. The van der Waals surface area contributed by atoms with Crippen molar-refractivity contribution in [1.29, 1.82) is 0 Å². The maximum absolute atomic E-state index is 9.38. The first-order valence-corrected chi connectivity index (χ1v) is 6.02. The molecule has 1 unspecified atom stereocenters. The van der Waals surface area contributed by atoms with Crippen LogP contribution in [0.4, 0.5) is 0 Å². The monoisotopic (exact) mass is 263 g/mol. The predicted octanol–water partition coefficient (Wildman–Crippen LogP) is 3.89. The number of halogens is 1. The Kier molecular flexibility index (Phi) is 3.84. The lowest BCUT2D eigenvalue weighted by Crippen LogP contribution is -1.93. The van der Waals surface area contributed by atoms with Crippen LogP contribution >= 0.6 is 11.6 Å². The summed E-state index contributed by atoms with van der Waals surface area (Å²) >= 11 is 5.94. The Balaban J connectivity index is 2.15. The summed E-state index contributed by atoms with van der Waals surface area (Å²) in [5.41, 5.74) is 1.71. The molecule has 0 spiro atoms. The number of aryl methyl sites for hydroxylation is 1. The van der Waals surface area contributed by atoms with E-state index in [2.05, 4.69) is 4.98 Å². The van der Waals surface area contributed by atoms with Crippen molar-refractivity contribution in [2.45, 2.75) is 20.0 Å². The van der Waals surface area contributed by atoms with Gasteiger partial charge in [-0.1, -0.05) is 11.6 Å². The summed E-state index contributed by atoms with van der Waals surface area (Å²) in [4.78, 5) is 4.13. The standard InChI is InChI=1S/C14H14ClNO2/c1-9-7-12(4-5-13(9)15)18-14-6-3-11(8-16-14)10(2)17/h3-8,10,17H,1-2H3. The van der Waals surface area contributed by atoms with E-state index in [1.165, 1.54) is 0 Å². The first kappa shape index (κ1) is 12.9. The lowest BCUT2D eigenvalue weighted by atomic mass is 10.2. The largest absolute Gasteiger partial charge is 0.439 e. The van der Waals surface area contributed by atoms with Gasteiger partial charge in [-0.2, -0.15) is 0 Å². The van der Waals surface area contributed by atoms with Crippen LogP contribution in [-0.2, 0) is 0 Å². The zero-order chi connectivity index (χ0) is 13.1. The van der Waals surface area contributed by atoms with E-state index in [9.17, 15) is 5.11 Å². The Morgan fingerprint density at radius 1 is 1.28 bits per heavy atom. The maximum Gasteiger partial charge on any atom is 0.219 e. The molecule has 1 aromatic heterocycles. The van der Waals surface area contributed by atoms with Gasteiger partial charge in [0.2, 0.25) is 5.88 Å². The van der Waals surface area contributed by atoms with Crippen LogP contribution in [0.15, 0.2) is 36.5 Å². The second-order valence-corrected chi connectivity index (χ2v) is 4.53. The van der Waals surface area contributed by atoms with E-state index in [1.807, 2.05) is 13.0 Å². The van der Waals surface area contributed by atoms with E-state index in [-0.39, 0.29) is 0 Å². The van der Waals surface area contributed by atoms with Crippen molar-refractivity contribution in [1.82, 2.24) is 4.98 Å². The number of rotatable bonds is 3. The summed E-state index contributed by atoms with van der Waals surface area (Å²) in [7, 11) is 0. The molecular formula is C14H14ClNO2. The highest BCUT2D eigenvalue weighted by Gasteiger charge is 2.04. The van der Waals surface area contributed by atoms with Crippen molar-refractivity contribution in [3.63, 3.8) is 0 Å². The molecule has 0 radical (unpaired) electrons. The fourth-order valence-electron chi connectivity index (χ4n) is 1.50. The number of aliphatic hydroxyl groups is 1. The first-order valence-electron chi connectivity index (χ1n) is 5.64. The quantitative estimate of drug-likeness (QED) is 0.914. The summed E-state index contributed by atoms with van der Waals surface area (Å²) in [6, 6.07) is 8.95. The summed E-state index contributed by atoms with van der Waals surface area (Å²) in [6.45, 7) is 3.61. The second kappa shape index (κ2) is 5.38. The Morgan fingerprint density at radius 3 is 2.61 bits per heavy atom. The van der Waals surface area contributed by atoms with Gasteiger partial charge in [-0.05, 0) is 49.2 Å². The number of aromatic nitrogens is 1. The number of nitrogens with zero attached hydrogens (tertiary/aromatic N) is 1. The zero-order valence-corrected chi connectivity index (χ0v) is 11.0. The van der Waals surface area contributed by atoms with Crippen LogP contribution in [0, 0.1) is 6.92 Å². The van der Waals surface area contributed by atoms with Crippen molar-refractivity contribution in [3.8, 4) is 11.6 Å². The maximum atomic E-state index is 9.38. The number of pyridine rings is 1. The molecule has 3 nitrogen and oxygen atoms in total. The molecule has 0 bridgehead atoms. The fourth-order valence-corrected chi connectivity index (χ4v) is 1.62. The average molecular weight is 264 g/mol. The molecule has 1 N–H and O–H groups in total. The highest BCUT2D eigenvalue weighted by atomic mass is 35.5. The van der Waals surface area contributed by atoms with E-state index in [1.54, 1.807) is 37.4 Å². The first-order chi connectivity index (χ1) is 8.56. The van der Waals surface area contributed by atoms with Gasteiger partial charge in [0.25, 0.3) is 0 Å². The van der Waals surface area contributed by atoms with Crippen molar-refractivity contribution < 1.29 is 9.84 Å². The van der Waals surface area contributed by atoms with Crippen LogP contribution in [0.5, 0.6) is 11.6 Å². The molecule has 0 aliphatic carbocycles. The molecule has 0 aliphatic rings. The molecule has 0 saturated carbocycles. The Morgan fingerprint density at radius 2 is 2.06 bits per heavy atom. The van der Waals surface area contributed by atoms with Gasteiger partial charge >= 0.3 is 0 Å². The van der Waals surface area contributed by atoms with Gasteiger partial charge in [0.15, 0.2) is 0 Å². The summed E-state index contributed by atoms with van der Waals surface area (Å²) < 4.78 is 5.60. The van der Waals surface area contributed by atoms with Crippen LogP contribution in [0.3, 0.4) is 0 Å². The van der Waals surface area contributed by atoms with E-state index in [4.69, 9.17) is 16.3 Å². The SMILES string of the molecule is Cc1cc(Oc2ccc(C(C)O)cn2)ccc1Cl. The Labute approximate surface area is 111 Å². The predicted molar refractivity (Wildman–Crippen MR) is 71.1 cm³/mol. The fraction of sp³-hybridized carbons (Fsp3) is 0.214. The number of hydrogen-bond acceptors (Lipinski definition) is 3. The van der Waals surface area contributed by atoms with Gasteiger partial charge in [0.1, 0.15) is 5.75 Å². The van der Waals surface area contributed by atoms with Crippen molar-refractivity contribution in [3.05, 3.63) is 52.7 Å². The van der Waals surface area contributed by atoms with Crippen LogP contribution in [0.25, 0.3) is 0 Å². The molecule has 94 valence electrons. The Bertz CT molecular complexity index is 538. The average Bonchev–Trinajstić information content (AvgIpc) is 2.34. The van der Waals surface area contributed by atoms with Gasteiger partial charge < -0.3 is 9.84 Å².